The molecule has 3 aromatic rings. The molecule has 8 heteroatoms. The van der Waals surface area contributed by atoms with Crippen LogP contribution in [0.15, 0.2) is 59.6 Å². The van der Waals surface area contributed by atoms with E-state index in [0.29, 0.717) is 23.9 Å². The molecule has 0 saturated carbocycles. The maximum atomic E-state index is 12.4. The quantitative estimate of drug-likeness (QED) is 0.426. The van der Waals surface area contributed by atoms with Crippen LogP contribution < -0.4 is 14.8 Å². The van der Waals surface area contributed by atoms with Crippen molar-refractivity contribution in [3.63, 3.8) is 0 Å². The fraction of sp³-hybridized carbons (Fsp3) is 0.304. The van der Waals surface area contributed by atoms with Crippen molar-refractivity contribution in [2.24, 2.45) is 0 Å². The molecule has 0 aliphatic heterocycles. The van der Waals surface area contributed by atoms with Crippen LogP contribution in [0.4, 0.5) is 11.5 Å². The van der Waals surface area contributed by atoms with Gasteiger partial charge >= 0.3 is 0 Å². The molecule has 0 saturated heterocycles. The largest absolute Gasteiger partial charge is 0.455 e. The van der Waals surface area contributed by atoms with Crippen LogP contribution in [-0.2, 0) is 10.0 Å². The maximum Gasteiger partial charge on any atom is 0.240 e. The summed E-state index contributed by atoms with van der Waals surface area (Å²) in [5, 5.41) is 3.17. The van der Waals surface area contributed by atoms with Crippen LogP contribution in [0.1, 0.15) is 37.6 Å². The summed E-state index contributed by atoms with van der Waals surface area (Å²) in [6, 6.07) is 13.9. The molecule has 0 spiro atoms. The zero-order valence-corrected chi connectivity index (χ0v) is 18.9. The fourth-order valence-corrected chi connectivity index (χ4v) is 4.06. The van der Waals surface area contributed by atoms with Crippen molar-refractivity contribution in [3.8, 4) is 11.5 Å². The van der Waals surface area contributed by atoms with Crippen molar-refractivity contribution in [2.75, 3.05) is 11.9 Å². The number of ether oxygens (including phenoxy) is 1. The van der Waals surface area contributed by atoms with Crippen LogP contribution in [0, 0.1) is 13.8 Å². The summed E-state index contributed by atoms with van der Waals surface area (Å²) in [6.45, 7) is 6.36. The molecular weight excluding hydrogens is 412 g/mol. The van der Waals surface area contributed by atoms with E-state index in [1.165, 1.54) is 0 Å². The Hall–Kier alpha value is -2.97. The Bertz CT molecular complexity index is 1120. The maximum absolute atomic E-state index is 12.4. The highest BCUT2D eigenvalue weighted by Gasteiger charge is 2.13. The molecule has 0 bridgehead atoms. The summed E-state index contributed by atoms with van der Waals surface area (Å²) < 4.78 is 33.3. The van der Waals surface area contributed by atoms with Crippen LogP contribution >= 0.6 is 0 Å². The number of hydrogen-bond acceptors (Lipinski definition) is 6. The first-order valence-electron chi connectivity index (χ1n) is 10.3. The van der Waals surface area contributed by atoms with Crippen molar-refractivity contribution in [3.05, 3.63) is 66.1 Å². The molecular formula is C23H28N4O3S. The van der Waals surface area contributed by atoms with Crippen LogP contribution in [0.25, 0.3) is 0 Å². The SMILES string of the molecule is CCCCCNS(=O)(=O)c1ccc(Nc2cc(Oc3ccc(C)nc3C)ccn2)cc1. The Morgan fingerprint density at radius 1 is 1.00 bits per heavy atom. The van der Waals surface area contributed by atoms with E-state index in [0.717, 1.165) is 36.3 Å². The Kier molecular flexibility index (Phi) is 7.59. The standard InChI is InChI=1S/C23H28N4O3S/c1-4-5-6-14-25-31(28,29)21-10-8-19(9-11-21)27-23-16-20(13-15-24-23)30-22-12-7-17(2)26-18(22)3/h7-13,15-16,25H,4-6,14H2,1-3H3,(H,24,27). The second kappa shape index (κ2) is 10.4. The second-order valence-corrected chi connectivity index (χ2v) is 9.04. The number of pyridine rings is 2. The third kappa shape index (κ3) is 6.50. The van der Waals surface area contributed by atoms with E-state index in [1.54, 1.807) is 42.6 Å². The van der Waals surface area contributed by atoms with Gasteiger partial charge in [0.15, 0.2) is 0 Å². The van der Waals surface area contributed by atoms with Crippen molar-refractivity contribution < 1.29 is 13.2 Å². The Morgan fingerprint density at radius 2 is 1.77 bits per heavy atom. The predicted octanol–water partition coefficient (Wildman–Crippen LogP) is 5.10. The van der Waals surface area contributed by atoms with Gasteiger partial charge in [0.1, 0.15) is 17.3 Å². The van der Waals surface area contributed by atoms with Crippen LogP contribution in [0.2, 0.25) is 0 Å². The molecule has 0 atom stereocenters. The van der Waals surface area contributed by atoms with Crippen molar-refractivity contribution in [1.29, 1.82) is 0 Å². The summed E-state index contributed by atoms with van der Waals surface area (Å²) in [4.78, 5) is 8.95. The van der Waals surface area contributed by atoms with Gasteiger partial charge in [-0.05, 0) is 62.7 Å². The number of aryl methyl sites for hydroxylation is 2. The smallest absolute Gasteiger partial charge is 0.240 e. The molecule has 164 valence electrons. The Morgan fingerprint density at radius 3 is 2.48 bits per heavy atom. The third-order valence-corrected chi connectivity index (χ3v) is 6.12. The van der Waals surface area contributed by atoms with Gasteiger partial charge in [-0.2, -0.15) is 0 Å². The van der Waals surface area contributed by atoms with E-state index in [1.807, 2.05) is 26.0 Å². The van der Waals surface area contributed by atoms with Gasteiger partial charge in [-0.25, -0.2) is 18.1 Å². The van der Waals surface area contributed by atoms with E-state index in [9.17, 15) is 8.42 Å². The van der Waals surface area contributed by atoms with Crippen molar-refractivity contribution in [2.45, 2.75) is 44.9 Å². The highest BCUT2D eigenvalue weighted by atomic mass is 32.2. The number of aromatic nitrogens is 2. The lowest BCUT2D eigenvalue weighted by Gasteiger charge is -2.11. The van der Waals surface area contributed by atoms with Gasteiger partial charge in [-0.1, -0.05) is 19.8 Å². The lowest BCUT2D eigenvalue weighted by Crippen LogP contribution is -2.24. The number of sulfonamides is 1. The van der Waals surface area contributed by atoms with Crippen molar-refractivity contribution >= 4 is 21.5 Å². The summed E-state index contributed by atoms with van der Waals surface area (Å²) >= 11 is 0. The van der Waals surface area contributed by atoms with Gasteiger partial charge in [-0.3, -0.25) is 4.98 Å². The first-order valence-corrected chi connectivity index (χ1v) is 11.8. The lowest BCUT2D eigenvalue weighted by molar-refractivity contribution is 0.475. The number of unbranched alkanes of at least 4 members (excludes halogenated alkanes) is 2. The molecule has 2 aromatic heterocycles. The number of anilines is 2. The first kappa shape index (κ1) is 22.7. The number of hydrogen-bond donors (Lipinski definition) is 2. The molecule has 2 heterocycles. The molecule has 0 amide bonds. The van der Waals surface area contributed by atoms with Crippen LogP contribution in [0.5, 0.6) is 11.5 Å². The zero-order valence-electron chi connectivity index (χ0n) is 18.1. The first-order chi connectivity index (χ1) is 14.9. The molecule has 1 aromatic carbocycles. The Balaban J connectivity index is 1.65. The summed E-state index contributed by atoms with van der Waals surface area (Å²) in [5.41, 5.74) is 2.47. The summed E-state index contributed by atoms with van der Waals surface area (Å²) in [6.07, 6.45) is 4.52. The minimum Gasteiger partial charge on any atom is -0.455 e. The van der Waals surface area contributed by atoms with Gasteiger partial charge in [-0.15, -0.1) is 0 Å². The van der Waals surface area contributed by atoms with E-state index >= 15 is 0 Å². The van der Waals surface area contributed by atoms with E-state index in [-0.39, 0.29) is 4.90 Å². The number of benzene rings is 1. The summed E-state index contributed by atoms with van der Waals surface area (Å²) in [7, 11) is -3.50. The topological polar surface area (TPSA) is 93.2 Å². The van der Waals surface area contributed by atoms with Gasteiger partial charge in [0.25, 0.3) is 0 Å². The molecule has 0 unspecified atom stereocenters. The van der Waals surface area contributed by atoms with Crippen LogP contribution in [-0.4, -0.2) is 24.9 Å². The molecule has 31 heavy (non-hydrogen) atoms. The highest BCUT2D eigenvalue weighted by molar-refractivity contribution is 7.89. The molecule has 0 radical (unpaired) electrons. The molecule has 0 fully saturated rings. The van der Waals surface area contributed by atoms with E-state index in [2.05, 4.69) is 26.9 Å². The molecule has 7 nitrogen and oxygen atoms in total. The Labute approximate surface area is 184 Å². The number of rotatable bonds is 10. The number of nitrogens with one attached hydrogen (secondary N) is 2. The van der Waals surface area contributed by atoms with Gasteiger partial charge in [0, 0.05) is 30.2 Å². The second-order valence-electron chi connectivity index (χ2n) is 7.27. The third-order valence-electron chi connectivity index (χ3n) is 4.65. The zero-order chi connectivity index (χ0) is 22.3. The molecule has 3 rings (SSSR count). The monoisotopic (exact) mass is 440 g/mol. The van der Waals surface area contributed by atoms with E-state index in [4.69, 9.17) is 4.74 Å². The highest BCUT2D eigenvalue weighted by Crippen LogP contribution is 2.26. The molecule has 2 N–H and O–H groups in total. The fourth-order valence-electron chi connectivity index (χ4n) is 2.98. The average molecular weight is 441 g/mol. The van der Waals surface area contributed by atoms with Gasteiger partial charge in [0.2, 0.25) is 10.0 Å². The minimum atomic E-state index is -3.50. The summed E-state index contributed by atoms with van der Waals surface area (Å²) in [5.74, 6) is 1.90. The van der Waals surface area contributed by atoms with Crippen LogP contribution in [0.3, 0.4) is 0 Å². The van der Waals surface area contributed by atoms with Crippen molar-refractivity contribution in [1.82, 2.24) is 14.7 Å². The molecule has 0 aliphatic rings. The number of nitrogens with zero attached hydrogens (tertiary/aromatic N) is 2. The van der Waals surface area contributed by atoms with E-state index < -0.39 is 10.0 Å². The molecule has 0 aliphatic carbocycles. The lowest BCUT2D eigenvalue weighted by atomic mass is 10.3. The average Bonchev–Trinajstić information content (AvgIpc) is 2.74. The van der Waals surface area contributed by atoms with Gasteiger partial charge < -0.3 is 10.1 Å². The normalized spacial score (nSPS) is 11.3. The minimum absolute atomic E-state index is 0.238. The predicted molar refractivity (Wildman–Crippen MR) is 122 cm³/mol. The van der Waals surface area contributed by atoms with Gasteiger partial charge in [0.05, 0.1) is 10.6 Å².